The molecule has 0 rings (SSSR count). The van der Waals surface area contributed by atoms with Crippen molar-refractivity contribution in [3.63, 3.8) is 0 Å². The van der Waals surface area contributed by atoms with Crippen molar-refractivity contribution in [2.24, 2.45) is 0 Å². The predicted molar refractivity (Wildman–Crippen MR) is 117 cm³/mol. The largest absolute Gasteiger partial charge is 0.412 e. The zero-order valence-electron chi connectivity index (χ0n) is 18.7. The molecule has 0 spiro atoms. The molecule has 0 heterocycles. The van der Waals surface area contributed by atoms with Crippen molar-refractivity contribution >= 4 is 8.32 Å². The quantitative estimate of drug-likeness (QED) is 0.143. The van der Waals surface area contributed by atoms with Crippen LogP contribution in [0.4, 0.5) is 0 Å². The highest BCUT2D eigenvalue weighted by Crippen LogP contribution is 2.14. The molecule has 0 N–H and O–H groups in total. The summed E-state index contributed by atoms with van der Waals surface area (Å²) in [6.45, 7) is 16.4. The molecule has 152 valence electrons. The van der Waals surface area contributed by atoms with E-state index in [0.717, 1.165) is 6.61 Å². The van der Waals surface area contributed by atoms with Crippen LogP contribution in [0.3, 0.4) is 0 Å². The van der Waals surface area contributed by atoms with E-state index in [1.165, 1.54) is 101 Å². The number of hydrogen-bond acceptors (Lipinski definition) is 1. The normalized spacial score (nSPS) is 12.7. The summed E-state index contributed by atoms with van der Waals surface area (Å²) in [6.07, 6.45) is 16.8. The average Bonchev–Trinajstić information content (AvgIpc) is 2.53. The van der Waals surface area contributed by atoms with E-state index in [9.17, 15) is 0 Å². The maximum atomic E-state index is 6.17. The fourth-order valence-corrected chi connectivity index (χ4v) is 4.16. The fraction of sp³-hybridized carbons (Fsp3) is 1.00. The van der Waals surface area contributed by atoms with Crippen molar-refractivity contribution in [3.05, 3.63) is 0 Å². The maximum absolute atomic E-state index is 6.17. The van der Waals surface area contributed by atoms with Crippen LogP contribution in [0, 0.1) is 0 Å². The van der Waals surface area contributed by atoms with Gasteiger partial charge in [0.05, 0.1) is 26.7 Å². The van der Waals surface area contributed by atoms with Gasteiger partial charge in [-0.05, 0) is 45.3 Å². The standard InChI is InChI=1S/C22H50NOSi/c1-7-9-11-13-15-17-19-23(3,21-22-24-25(4,5)6)20-18-16-14-12-10-8-2/h7-22H2,1-6H3/q+1. The molecule has 0 aromatic carbocycles. The molecule has 25 heavy (non-hydrogen) atoms. The number of unbranched alkanes of at least 4 members (excludes halogenated alkanes) is 10. The molecular weight excluding hydrogens is 322 g/mol. The van der Waals surface area contributed by atoms with Gasteiger partial charge in [0.25, 0.3) is 0 Å². The molecule has 0 aromatic rings. The van der Waals surface area contributed by atoms with Gasteiger partial charge >= 0.3 is 0 Å². The summed E-state index contributed by atoms with van der Waals surface area (Å²) < 4.78 is 7.40. The number of rotatable bonds is 18. The van der Waals surface area contributed by atoms with Crippen molar-refractivity contribution in [1.29, 1.82) is 0 Å². The molecule has 0 aliphatic heterocycles. The molecule has 0 radical (unpaired) electrons. The Hall–Kier alpha value is 0.137. The molecule has 0 fully saturated rings. The van der Waals surface area contributed by atoms with E-state index in [1.807, 2.05) is 0 Å². The van der Waals surface area contributed by atoms with Crippen LogP contribution in [-0.2, 0) is 4.43 Å². The highest BCUT2D eigenvalue weighted by molar-refractivity contribution is 6.69. The Morgan fingerprint density at radius 1 is 0.600 bits per heavy atom. The van der Waals surface area contributed by atoms with Gasteiger partial charge in [0, 0.05) is 0 Å². The highest BCUT2D eigenvalue weighted by Gasteiger charge is 2.22. The topological polar surface area (TPSA) is 9.23 Å². The molecule has 0 atom stereocenters. The summed E-state index contributed by atoms with van der Waals surface area (Å²) in [5.41, 5.74) is 0. The molecule has 0 aliphatic carbocycles. The first-order chi connectivity index (χ1) is 11.8. The van der Waals surface area contributed by atoms with Gasteiger partial charge in [0.15, 0.2) is 8.32 Å². The Morgan fingerprint density at radius 2 is 1.00 bits per heavy atom. The zero-order chi connectivity index (χ0) is 19.0. The van der Waals surface area contributed by atoms with Gasteiger partial charge in [-0.15, -0.1) is 0 Å². The first-order valence-electron chi connectivity index (χ1n) is 11.3. The number of nitrogens with zero attached hydrogens (tertiary/aromatic N) is 1. The van der Waals surface area contributed by atoms with Crippen LogP contribution in [-0.4, -0.2) is 46.1 Å². The van der Waals surface area contributed by atoms with Crippen molar-refractivity contribution in [3.8, 4) is 0 Å². The second-order valence-electron chi connectivity index (χ2n) is 9.29. The van der Waals surface area contributed by atoms with E-state index in [2.05, 4.69) is 40.5 Å². The first kappa shape index (κ1) is 25.1. The first-order valence-corrected chi connectivity index (χ1v) is 14.7. The summed E-state index contributed by atoms with van der Waals surface area (Å²) in [4.78, 5) is 0. The van der Waals surface area contributed by atoms with Gasteiger partial charge in [-0.2, -0.15) is 0 Å². The van der Waals surface area contributed by atoms with Gasteiger partial charge in [-0.25, -0.2) is 0 Å². The molecule has 0 amide bonds. The summed E-state index contributed by atoms with van der Waals surface area (Å²) in [5, 5.41) is 0. The average molecular weight is 373 g/mol. The van der Waals surface area contributed by atoms with Crippen molar-refractivity contribution in [2.75, 3.05) is 33.3 Å². The molecule has 2 nitrogen and oxygen atoms in total. The highest BCUT2D eigenvalue weighted by atomic mass is 28.4. The van der Waals surface area contributed by atoms with E-state index in [1.54, 1.807) is 0 Å². The van der Waals surface area contributed by atoms with Crippen LogP contribution >= 0.6 is 0 Å². The lowest BCUT2D eigenvalue weighted by Gasteiger charge is -2.35. The third-order valence-electron chi connectivity index (χ3n) is 5.27. The van der Waals surface area contributed by atoms with E-state index < -0.39 is 8.32 Å². The molecule has 0 saturated heterocycles. The fourth-order valence-electron chi connectivity index (χ4n) is 3.46. The second kappa shape index (κ2) is 15.2. The van der Waals surface area contributed by atoms with E-state index in [-0.39, 0.29) is 0 Å². The second-order valence-corrected chi connectivity index (χ2v) is 13.8. The van der Waals surface area contributed by atoms with Gasteiger partial charge in [-0.3, -0.25) is 0 Å². The van der Waals surface area contributed by atoms with Crippen LogP contribution in [0.25, 0.3) is 0 Å². The Morgan fingerprint density at radius 3 is 1.40 bits per heavy atom. The molecule has 0 aliphatic rings. The van der Waals surface area contributed by atoms with E-state index >= 15 is 0 Å². The Kier molecular flexibility index (Phi) is 15.3. The Bertz CT molecular complexity index is 272. The van der Waals surface area contributed by atoms with Crippen LogP contribution in [0.5, 0.6) is 0 Å². The lowest BCUT2D eigenvalue weighted by atomic mass is 10.1. The van der Waals surface area contributed by atoms with Crippen molar-refractivity contribution in [2.45, 2.75) is 111 Å². The zero-order valence-corrected chi connectivity index (χ0v) is 19.7. The van der Waals surface area contributed by atoms with Crippen LogP contribution < -0.4 is 0 Å². The van der Waals surface area contributed by atoms with Crippen LogP contribution in [0.1, 0.15) is 90.9 Å². The molecule has 0 saturated carbocycles. The number of quaternary nitrogens is 1. The van der Waals surface area contributed by atoms with Crippen LogP contribution in [0.2, 0.25) is 19.6 Å². The predicted octanol–water partition coefficient (Wildman–Crippen LogP) is 7.01. The maximum Gasteiger partial charge on any atom is 0.184 e. The van der Waals surface area contributed by atoms with Crippen molar-refractivity contribution < 1.29 is 8.91 Å². The summed E-state index contributed by atoms with van der Waals surface area (Å²) in [7, 11) is 1.10. The van der Waals surface area contributed by atoms with E-state index in [4.69, 9.17) is 4.43 Å². The summed E-state index contributed by atoms with van der Waals surface area (Å²) >= 11 is 0. The molecule has 3 heteroatoms. The SMILES string of the molecule is CCCCCCCC[N+](C)(CCCCCCCC)CCO[Si](C)(C)C. The lowest BCUT2D eigenvalue weighted by molar-refractivity contribution is -0.910. The smallest absolute Gasteiger partial charge is 0.184 e. The van der Waals surface area contributed by atoms with Gasteiger partial charge in [0.2, 0.25) is 0 Å². The lowest BCUT2D eigenvalue weighted by Crippen LogP contribution is -2.48. The Labute approximate surface area is 161 Å². The summed E-state index contributed by atoms with van der Waals surface area (Å²) in [5.74, 6) is 0. The number of hydrogen-bond donors (Lipinski definition) is 0. The van der Waals surface area contributed by atoms with Gasteiger partial charge < -0.3 is 8.91 Å². The van der Waals surface area contributed by atoms with Crippen LogP contribution in [0.15, 0.2) is 0 Å². The molecular formula is C22H50NOSi+. The monoisotopic (exact) mass is 372 g/mol. The molecule has 0 aromatic heterocycles. The van der Waals surface area contributed by atoms with Gasteiger partial charge in [-0.1, -0.05) is 65.2 Å². The van der Waals surface area contributed by atoms with E-state index in [0.29, 0.717) is 0 Å². The minimum atomic E-state index is -1.37. The minimum Gasteiger partial charge on any atom is -0.412 e. The minimum absolute atomic E-state index is 0.956. The number of likely N-dealkylation sites (N-methyl/N-ethyl adjacent to an activating group) is 1. The third-order valence-corrected chi connectivity index (χ3v) is 6.34. The van der Waals surface area contributed by atoms with Crippen molar-refractivity contribution in [1.82, 2.24) is 0 Å². The molecule has 0 bridgehead atoms. The molecule has 0 unspecified atom stereocenters. The van der Waals surface area contributed by atoms with Gasteiger partial charge in [0.1, 0.15) is 6.54 Å². The summed E-state index contributed by atoms with van der Waals surface area (Å²) in [6, 6.07) is 0. The third kappa shape index (κ3) is 17.3. The Balaban J connectivity index is 4.14.